The molecule has 96 valence electrons. The van der Waals surface area contributed by atoms with Crippen molar-refractivity contribution in [3.8, 4) is 0 Å². The Morgan fingerprint density at radius 3 is 2.59 bits per heavy atom. The minimum atomic E-state index is -1.16. The molecular formula is C11H17NO5. The smallest absolute Gasteiger partial charge is 0.412 e. The van der Waals surface area contributed by atoms with E-state index in [1.54, 1.807) is 0 Å². The van der Waals surface area contributed by atoms with Crippen molar-refractivity contribution in [2.75, 3.05) is 13.2 Å². The van der Waals surface area contributed by atoms with Gasteiger partial charge < -0.3 is 20.3 Å². The second-order valence-electron chi connectivity index (χ2n) is 3.24. The zero-order chi connectivity index (χ0) is 13.3. The van der Waals surface area contributed by atoms with Gasteiger partial charge in [0.15, 0.2) is 0 Å². The number of rotatable bonds is 7. The van der Waals surface area contributed by atoms with Gasteiger partial charge in [-0.2, -0.15) is 0 Å². The summed E-state index contributed by atoms with van der Waals surface area (Å²) in [6.45, 7) is 4.89. The number of aliphatic hydroxyl groups is 1. The molecule has 0 spiro atoms. The zero-order valence-electron chi connectivity index (χ0n) is 9.73. The summed E-state index contributed by atoms with van der Waals surface area (Å²) in [5.41, 5.74) is -0.0489. The number of hydrogen-bond donors (Lipinski definition) is 3. The molecule has 1 amide bonds. The molecule has 0 saturated carbocycles. The van der Waals surface area contributed by atoms with E-state index in [4.69, 9.17) is 14.9 Å². The first-order chi connectivity index (χ1) is 8.02. The predicted octanol–water partition coefficient (Wildman–Crippen LogP) is 1.03. The minimum absolute atomic E-state index is 0.0489. The average Bonchev–Trinajstić information content (AvgIpc) is 2.30. The molecule has 0 fully saturated rings. The van der Waals surface area contributed by atoms with E-state index in [9.17, 15) is 9.59 Å². The van der Waals surface area contributed by atoms with Crippen molar-refractivity contribution in [1.29, 1.82) is 0 Å². The lowest BCUT2D eigenvalue weighted by Crippen LogP contribution is -2.24. The van der Waals surface area contributed by atoms with Crippen molar-refractivity contribution >= 4 is 12.1 Å². The van der Waals surface area contributed by atoms with Crippen LogP contribution in [0.15, 0.2) is 24.0 Å². The first-order valence-electron chi connectivity index (χ1n) is 5.13. The zero-order valence-corrected chi connectivity index (χ0v) is 9.73. The second kappa shape index (κ2) is 8.35. The summed E-state index contributed by atoms with van der Waals surface area (Å²) in [4.78, 5) is 22.0. The van der Waals surface area contributed by atoms with Crippen LogP contribution in [0.1, 0.15) is 19.8 Å². The molecule has 6 heteroatoms. The van der Waals surface area contributed by atoms with Gasteiger partial charge in [-0.1, -0.05) is 6.08 Å². The summed E-state index contributed by atoms with van der Waals surface area (Å²) < 4.78 is 4.87. The number of carbonyl (C=O) groups excluding carboxylic acids is 1. The van der Waals surface area contributed by atoms with Gasteiger partial charge in [0.2, 0.25) is 0 Å². The van der Waals surface area contributed by atoms with Gasteiger partial charge >= 0.3 is 12.1 Å². The van der Waals surface area contributed by atoms with Crippen LogP contribution >= 0.6 is 0 Å². The summed E-state index contributed by atoms with van der Waals surface area (Å²) in [6.07, 6.45) is 1.26. The minimum Gasteiger partial charge on any atom is -0.478 e. The number of nitrogens with one attached hydrogen (secondary N) is 1. The Morgan fingerprint density at radius 2 is 2.12 bits per heavy atom. The highest BCUT2D eigenvalue weighted by molar-refractivity contribution is 5.87. The number of hydrogen-bond acceptors (Lipinski definition) is 4. The molecule has 0 rings (SSSR count). The number of carboxylic acids is 1. The normalized spacial score (nSPS) is 11.4. The van der Waals surface area contributed by atoms with E-state index in [1.807, 2.05) is 0 Å². The van der Waals surface area contributed by atoms with Gasteiger partial charge in [-0.25, -0.2) is 9.59 Å². The van der Waals surface area contributed by atoms with Crippen LogP contribution in [0, 0.1) is 0 Å². The van der Waals surface area contributed by atoms with Crippen LogP contribution in [0.5, 0.6) is 0 Å². The molecule has 0 aromatic heterocycles. The lowest BCUT2D eigenvalue weighted by Gasteiger charge is -2.10. The molecule has 0 bridgehead atoms. The van der Waals surface area contributed by atoms with Gasteiger partial charge in [0, 0.05) is 19.6 Å². The van der Waals surface area contributed by atoms with Gasteiger partial charge in [-0.05, 0) is 13.3 Å². The number of carbonyl (C=O) groups is 2. The number of carboxylic acid groups (broad SMARTS) is 1. The van der Waals surface area contributed by atoms with Crippen molar-refractivity contribution in [3.05, 3.63) is 24.0 Å². The standard InChI is InChI=1S/C11H17NO5/c1-3-6-12-11(16)17-9(5-4-7-13)8(2)10(14)15/h3,13H,1,4-7H2,2H3,(H,12,16)(H,14,15). The molecule has 0 radical (unpaired) electrons. The van der Waals surface area contributed by atoms with E-state index in [0.29, 0.717) is 6.42 Å². The van der Waals surface area contributed by atoms with Gasteiger partial charge in [-0.3, -0.25) is 0 Å². The first kappa shape index (κ1) is 15.2. The fourth-order valence-corrected chi connectivity index (χ4v) is 0.977. The summed E-state index contributed by atoms with van der Waals surface area (Å²) in [5, 5.41) is 19.8. The van der Waals surface area contributed by atoms with Crippen molar-refractivity contribution in [1.82, 2.24) is 5.32 Å². The van der Waals surface area contributed by atoms with E-state index in [0.717, 1.165) is 0 Å². The maximum atomic E-state index is 11.2. The molecule has 3 N–H and O–H groups in total. The van der Waals surface area contributed by atoms with E-state index in [-0.39, 0.29) is 30.9 Å². The topological polar surface area (TPSA) is 95.9 Å². The third kappa shape index (κ3) is 6.36. The number of allylic oxidation sites excluding steroid dienone is 1. The van der Waals surface area contributed by atoms with Crippen molar-refractivity contribution in [2.24, 2.45) is 0 Å². The summed E-state index contributed by atoms with van der Waals surface area (Å²) in [7, 11) is 0. The molecule has 0 aromatic carbocycles. The van der Waals surface area contributed by atoms with Crippen LogP contribution in [0.4, 0.5) is 4.79 Å². The van der Waals surface area contributed by atoms with E-state index < -0.39 is 12.1 Å². The molecule has 0 aliphatic carbocycles. The van der Waals surface area contributed by atoms with Gasteiger partial charge in [-0.15, -0.1) is 6.58 Å². The molecular weight excluding hydrogens is 226 g/mol. The molecule has 6 nitrogen and oxygen atoms in total. The van der Waals surface area contributed by atoms with Crippen LogP contribution in [0.3, 0.4) is 0 Å². The van der Waals surface area contributed by atoms with E-state index in [1.165, 1.54) is 13.0 Å². The monoisotopic (exact) mass is 243 g/mol. The van der Waals surface area contributed by atoms with Crippen LogP contribution in [0.25, 0.3) is 0 Å². The Bertz CT molecular complexity index is 322. The fraction of sp³-hybridized carbons (Fsp3) is 0.455. The third-order valence-electron chi connectivity index (χ3n) is 1.91. The van der Waals surface area contributed by atoms with Crippen LogP contribution < -0.4 is 5.32 Å². The number of alkyl carbamates (subject to hydrolysis) is 1. The lowest BCUT2D eigenvalue weighted by atomic mass is 10.2. The molecule has 0 atom stereocenters. The largest absolute Gasteiger partial charge is 0.478 e. The molecule has 17 heavy (non-hydrogen) atoms. The van der Waals surface area contributed by atoms with Gasteiger partial charge in [0.1, 0.15) is 5.76 Å². The quantitative estimate of drug-likeness (QED) is 0.352. The van der Waals surface area contributed by atoms with Crippen molar-refractivity contribution < 1.29 is 24.5 Å². The average molecular weight is 243 g/mol. The van der Waals surface area contributed by atoms with Crippen LogP contribution in [0.2, 0.25) is 0 Å². The van der Waals surface area contributed by atoms with Gasteiger partial charge in [0.05, 0.1) is 5.57 Å². The molecule has 0 saturated heterocycles. The van der Waals surface area contributed by atoms with E-state index >= 15 is 0 Å². The molecule has 0 unspecified atom stereocenters. The van der Waals surface area contributed by atoms with Crippen LogP contribution in [-0.4, -0.2) is 35.4 Å². The Labute approximate surface area is 99.6 Å². The van der Waals surface area contributed by atoms with E-state index in [2.05, 4.69) is 11.9 Å². The number of aliphatic carboxylic acids is 1. The van der Waals surface area contributed by atoms with Gasteiger partial charge in [0.25, 0.3) is 0 Å². The van der Waals surface area contributed by atoms with Crippen molar-refractivity contribution in [3.63, 3.8) is 0 Å². The predicted molar refractivity (Wildman–Crippen MR) is 61.3 cm³/mol. The second-order valence-corrected chi connectivity index (χ2v) is 3.24. The number of amides is 1. The van der Waals surface area contributed by atoms with Crippen LogP contribution in [-0.2, 0) is 9.53 Å². The molecule has 0 aliphatic heterocycles. The Morgan fingerprint density at radius 1 is 1.47 bits per heavy atom. The highest BCUT2D eigenvalue weighted by Gasteiger charge is 2.14. The summed E-state index contributed by atoms with van der Waals surface area (Å²) >= 11 is 0. The lowest BCUT2D eigenvalue weighted by molar-refractivity contribution is -0.132. The Hall–Kier alpha value is -1.82. The first-order valence-corrected chi connectivity index (χ1v) is 5.13. The highest BCUT2D eigenvalue weighted by atomic mass is 16.6. The summed E-state index contributed by atoms with van der Waals surface area (Å²) in [6, 6.07) is 0. The highest BCUT2D eigenvalue weighted by Crippen LogP contribution is 2.13. The third-order valence-corrected chi connectivity index (χ3v) is 1.91. The molecule has 0 heterocycles. The fourth-order valence-electron chi connectivity index (χ4n) is 0.977. The molecule has 0 aromatic rings. The number of aliphatic hydroxyl groups excluding tert-OH is 1. The maximum absolute atomic E-state index is 11.2. The number of ether oxygens (including phenoxy) is 1. The SMILES string of the molecule is C=CCNC(=O)OC(CCCO)=C(C)C(=O)O. The maximum Gasteiger partial charge on any atom is 0.412 e. The van der Waals surface area contributed by atoms with Crippen molar-refractivity contribution in [2.45, 2.75) is 19.8 Å². The Kier molecular flexibility index (Phi) is 7.45. The molecule has 0 aliphatic rings. The Balaban J connectivity index is 4.59. The summed E-state index contributed by atoms with van der Waals surface area (Å²) in [5.74, 6) is -1.11.